The molecule has 0 unspecified atom stereocenters. The number of thioether (sulfide) groups is 1. The maximum absolute atomic E-state index is 13.4. The first-order chi connectivity index (χ1) is 15.1. The number of aryl methyl sites for hydroxylation is 1. The first-order valence-corrected chi connectivity index (χ1v) is 11.6. The predicted octanol–water partition coefficient (Wildman–Crippen LogP) is 5.41. The van der Waals surface area contributed by atoms with E-state index in [1.54, 1.807) is 15.9 Å². The molecule has 0 aliphatic carbocycles. The molecule has 0 aliphatic heterocycles. The van der Waals surface area contributed by atoms with Gasteiger partial charge in [0.1, 0.15) is 0 Å². The summed E-state index contributed by atoms with van der Waals surface area (Å²) in [7, 11) is 0. The van der Waals surface area contributed by atoms with E-state index in [-0.39, 0.29) is 5.56 Å². The van der Waals surface area contributed by atoms with Gasteiger partial charge in [0.2, 0.25) is 11.7 Å². The van der Waals surface area contributed by atoms with E-state index in [4.69, 9.17) is 9.51 Å². The molecule has 5 aromatic rings. The van der Waals surface area contributed by atoms with Crippen molar-refractivity contribution < 1.29 is 4.52 Å². The van der Waals surface area contributed by atoms with Crippen molar-refractivity contribution in [1.82, 2.24) is 19.7 Å². The van der Waals surface area contributed by atoms with Crippen LogP contribution in [0.2, 0.25) is 0 Å². The topological polar surface area (TPSA) is 73.8 Å². The molecule has 0 saturated heterocycles. The molecule has 0 aliphatic rings. The molecule has 31 heavy (non-hydrogen) atoms. The van der Waals surface area contributed by atoms with Crippen molar-refractivity contribution in [2.24, 2.45) is 0 Å². The van der Waals surface area contributed by atoms with Gasteiger partial charge in [0.05, 0.1) is 27.2 Å². The van der Waals surface area contributed by atoms with Crippen LogP contribution < -0.4 is 5.56 Å². The molecule has 5 rings (SSSR count). The Balaban J connectivity index is 1.57. The maximum atomic E-state index is 13.4. The second kappa shape index (κ2) is 8.13. The average Bonchev–Trinajstić information content (AvgIpc) is 3.47. The molecule has 0 spiro atoms. The van der Waals surface area contributed by atoms with Crippen LogP contribution in [0, 0.1) is 13.8 Å². The minimum Gasteiger partial charge on any atom is -0.338 e. The third-order valence-electron chi connectivity index (χ3n) is 5.10. The van der Waals surface area contributed by atoms with Gasteiger partial charge < -0.3 is 4.52 Å². The van der Waals surface area contributed by atoms with E-state index < -0.39 is 0 Å². The maximum Gasteiger partial charge on any atom is 0.266 e. The Kier molecular flexibility index (Phi) is 5.17. The predicted molar refractivity (Wildman–Crippen MR) is 124 cm³/mol. The van der Waals surface area contributed by atoms with Gasteiger partial charge in [-0.15, -0.1) is 11.3 Å². The number of thiophene rings is 1. The van der Waals surface area contributed by atoms with Crippen LogP contribution in [0.5, 0.6) is 0 Å². The highest BCUT2D eigenvalue weighted by molar-refractivity contribution is 7.98. The molecule has 0 fully saturated rings. The number of rotatable bonds is 5. The molecule has 3 heterocycles. The van der Waals surface area contributed by atoms with E-state index in [0.29, 0.717) is 33.5 Å². The zero-order valence-electron chi connectivity index (χ0n) is 16.9. The molecule has 0 radical (unpaired) electrons. The SMILES string of the molecule is Cc1cccc(-n2c(SCc3nc(-c4cccs4)no3)nc3ccccc3c2=O)c1C. The van der Waals surface area contributed by atoms with Crippen LogP contribution in [-0.2, 0) is 5.75 Å². The zero-order chi connectivity index (χ0) is 21.4. The summed E-state index contributed by atoms with van der Waals surface area (Å²) < 4.78 is 7.11. The molecule has 2 aromatic carbocycles. The van der Waals surface area contributed by atoms with Gasteiger partial charge in [-0.25, -0.2) is 4.98 Å². The Morgan fingerprint density at radius 3 is 2.74 bits per heavy atom. The van der Waals surface area contributed by atoms with Gasteiger partial charge in [0.15, 0.2) is 5.16 Å². The van der Waals surface area contributed by atoms with Crippen LogP contribution in [0.3, 0.4) is 0 Å². The second-order valence-electron chi connectivity index (χ2n) is 7.05. The van der Waals surface area contributed by atoms with Gasteiger partial charge in [-0.1, -0.05) is 47.3 Å². The van der Waals surface area contributed by atoms with E-state index in [1.165, 1.54) is 11.8 Å². The van der Waals surface area contributed by atoms with Crippen molar-refractivity contribution in [2.45, 2.75) is 24.8 Å². The van der Waals surface area contributed by atoms with E-state index in [1.807, 2.05) is 73.8 Å². The number of nitrogens with zero attached hydrogens (tertiary/aromatic N) is 4. The molecular formula is C23H18N4O2S2. The fourth-order valence-corrected chi connectivity index (χ4v) is 4.84. The normalized spacial score (nSPS) is 11.3. The minimum absolute atomic E-state index is 0.0911. The molecule has 154 valence electrons. The van der Waals surface area contributed by atoms with E-state index in [9.17, 15) is 4.79 Å². The Morgan fingerprint density at radius 2 is 1.90 bits per heavy atom. The van der Waals surface area contributed by atoms with Crippen LogP contribution >= 0.6 is 23.1 Å². The summed E-state index contributed by atoms with van der Waals surface area (Å²) in [5.41, 5.74) is 3.57. The number of hydrogen-bond donors (Lipinski definition) is 0. The van der Waals surface area contributed by atoms with Crippen molar-refractivity contribution in [3.63, 3.8) is 0 Å². The average molecular weight is 447 g/mol. The van der Waals surface area contributed by atoms with Crippen molar-refractivity contribution in [2.75, 3.05) is 0 Å². The summed E-state index contributed by atoms with van der Waals surface area (Å²) in [5, 5.41) is 7.22. The lowest BCUT2D eigenvalue weighted by Crippen LogP contribution is -2.22. The quantitative estimate of drug-likeness (QED) is 0.266. The molecule has 0 bridgehead atoms. The lowest BCUT2D eigenvalue weighted by molar-refractivity contribution is 0.391. The van der Waals surface area contributed by atoms with Crippen molar-refractivity contribution >= 4 is 34.0 Å². The summed E-state index contributed by atoms with van der Waals surface area (Å²) in [6.07, 6.45) is 0. The summed E-state index contributed by atoms with van der Waals surface area (Å²) in [6, 6.07) is 17.3. The van der Waals surface area contributed by atoms with Gasteiger partial charge in [-0.05, 0) is 54.6 Å². The second-order valence-corrected chi connectivity index (χ2v) is 8.94. The Hall–Kier alpha value is -3.23. The van der Waals surface area contributed by atoms with Gasteiger partial charge in [-0.3, -0.25) is 9.36 Å². The Bertz CT molecular complexity index is 1440. The minimum atomic E-state index is -0.0911. The molecular weight excluding hydrogens is 428 g/mol. The van der Waals surface area contributed by atoms with Gasteiger partial charge in [0.25, 0.3) is 5.56 Å². The molecule has 0 saturated carbocycles. The van der Waals surface area contributed by atoms with Crippen LogP contribution in [0.4, 0.5) is 0 Å². The zero-order valence-corrected chi connectivity index (χ0v) is 18.5. The third kappa shape index (κ3) is 3.68. The number of aromatic nitrogens is 4. The largest absolute Gasteiger partial charge is 0.338 e. The van der Waals surface area contributed by atoms with Gasteiger partial charge in [-0.2, -0.15) is 4.98 Å². The van der Waals surface area contributed by atoms with Crippen LogP contribution in [-0.4, -0.2) is 19.7 Å². The number of hydrogen-bond acceptors (Lipinski definition) is 7. The highest BCUT2D eigenvalue weighted by Crippen LogP contribution is 2.28. The first-order valence-electron chi connectivity index (χ1n) is 9.69. The van der Waals surface area contributed by atoms with Crippen LogP contribution in [0.25, 0.3) is 27.3 Å². The molecule has 0 amide bonds. The smallest absolute Gasteiger partial charge is 0.266 e. The van der Waals surface area contributed by atoms with Gasteiger partial charge in [0, 0.05) is 0 Å². The molecule has 6 nitrogen and oxygen atoms in total. The number of fused-ring (bicyclic) bond motifs is 1. The molecule has 0 atom stereocenters. The highest BCUT2D eigenvalue weighted by Gasteiger charge is 2.17. The van der Waals surface area contributed by atoms with Crippen molar-refractivity contribution in [1.29, 1.82) is 0 Å². The molecule has 0 N–H and O–H groups in total. The van der Waals surface area contributed by atoms with Crippen molar-refractivity contribution in [3.8, 4) is 16.4 Å². The van der Waals surface area contributed by atoms with E-state index >= 15 is 0 Å². The third-order valence-corrected chi connectivity index (χ3v) is 6.89. The fourth-order valence-electron chi connectivity index (χ4n) is 3.35. The lowest BCUT2D eigenvalue weighted by atomic mass is 10.1. The fraction of sp³-hybridized carbons (Fsp3) is 0.130. The number of para-hydroxylation sites is 1. The van der Waals surface area contributed by atoms with E-state index in [2.05, 4.69) is 10.1 Å². The monoisotopic (exact) mass is 446 g/mol. The molecule has 3 aromatic heterocycles. The van der Waals surface area contributed by atoms with Crippen LogP contribution in [0.1, 0.15) is 17.0 Å². The van der Waals surface area contributed by atoms with Crippen molar-refractivity contribution in [3.05, 3.63) is 87.3 Å². The van der Waals surface area contributed by atoms with E-state index in [0.717, 1.165) is 21.7 Å². The molecule has 8 heteroatoms. The van der Waals surface area contributed by atoms with Crippen LogP contribution in [0.15, 0.2) is 74.5 Å². The first kappa shape index (κ1) is 19.7. The summed E-state index contributed by atoms with van der Waals surface area (Å²) in [6.45, 7) is 4.06. The number of benzene rings is 2. The van der Waals surface area contributed by atoms with Gasteiger partial charge >= 0.3 is 0 Å². The lowest BCUT2D eigenvalue weighted by Gasteiger charge is -2.15. The standard InChI is InChI=1S/C23H18N4O2S2/c1-14-7-5-10-18(15(14)2)27-22(28)16-8-3-4-9-17(16)24-23(27)31-13-20-25-21(26-29-20)19-11-6-12-30-19/h3-12H,13H2,1-2H3. The summed E-state index contributed by atoms with van der Waals surface area (Å²) in [5.74, 6) is 1.47. The summed E-state index contributed by atoms with van der Waals surface area (Å²) >= 11 is 2.97. The summed E-state index contributed by atoms with van der Waals surface area (Å²) in [4.78, 5) is 23.7. The highest BCUT2D eigenvalue weighted by atomic mass is 32.2. The Labute approximate surface area is 186 Å². The Morgan fingerprint density at radius 1 is 1.03 bits per heavy atom.